The van der Waals surface area contributed by atoms with Crippen LogP contribution in [0, 0.1) is 23.6 Å². The van der Waals surface area contributed by atoms with Crippen LogP contribution < -0.4 is 0 Å². The molecule has 2 saturated heterocycles. The Morgan fingerprint density at radius 3 is 2.48 bits per heavy atom. The third-order valence-corrected chi connectivity index (χ3v) is 11.3. The lowest BCUT2D eigenvalue weighted by Gasteiger charge is -2.52. The normalized spacial score (nSPS) is 30.4. The van der Waals surface area contributed by atoms with Crippen molar-refractivity contribution in [3.8, 4) is 18.1 Å². The fraction of sp³-hybridized carbons (Fsp3) is 0.537. The molecule has 0 aromatic heterocycles. The largest absolute Gasteiger partial charge is 0.508 e. The first kappa shape index (κ1) is 39.3. The summed E-state index contributed by atoms with van der Waals surface area (Å²) in [6.45, 7) is 11.9. The van der Waals surface area contributed by atoms with Crippen LogP contribution in [0.3, 0.4) is 0 Å². The standard InChI is InChI=1S/C38H43F2N5O3.C2H6.CH4O/c1-4-27-30(39)10-9-23-16-25(46)19-28(32(23)27)34-33(40)35(29(20-42-34)36(41-3)44-14-6-11-37(2,48)22-44)43-21-38-12-5-8-31(38)45(15-7-13-38)24-17-26(47)18-24;2*1-2/h1,9-10,16,19-20,24,26,31,46-48H,3,5-8,11-15,17-18,21-22H2,2H3;1-2H3;2H,1H3/b36-29+,43-35?;;. The maximum atomic E-state index is 17.3. The molecule has 11 heteroatoms. The Morgan fingerprint density at radius 1 is 1.10 bits per heavy atom. The highest BCUT2D eigenvalue weighted by Crippen LogP contribution is 2.50. The fourth-order valence-corrected chi connectivity index (χ4v) is 8.96. The van der Waals surface area contributed by atoms with Crippen LogP contribution in [0.15, 0.2) is 56.5 Å². The van der Waals surface area contributed by atoms with E-state index in [0.717, 1.165) is 65.0 Å². The molecule has 9 nitrogen and oxygen atoms in total. The van der Waals surface area contributed by atoms with Gasteiger partial charge in [-0.05, 0) is 95.1 Å². The molecule has 2 aliphatic carbocycles. The molecule has 0 radical (unpaired) electrons. The predicted octanol–water partition coefficient (Wildman–Crippen LogP) is 6.38. The average Bonchev–Trinajstić information content (AvgIpc) is 3.56. The zero-order chi connectivity index (χ0) is 37.8. The average molecular weight is 718 g/mol. The number of aliphatic hydroxyl groups excluding tert-OH is 2. The molecule has 0 amide bonds. The minimum atomic E-state index is -0.954. The minimum absolute atomic E-state index is 0.0436. The van der Waals surface area contributed by atoms with Crippen LogP contribution in [0.2, 0.25) is 0 Å². The monoisotopic (exact) mass is 717 g/mol. The SMILES string of the molecule is C#Cc1c(F)ccc2cc(O)cc(C3=C(F)C(=NCC45CCCC4N(C4CC(O)C4)CCC5)/C(=C(\N=C)N4CCCC(C)(O)C4)C=N3)c12.CC.CO. The first-order valence-corrected chi connectivity index (χ1v) is 18.5. The number of hydrogen-bond acceptors (Lipinski definition) is 9. The Kier molecular flexibility index (Phi) is 12.4. The summed E-state index contributed by atoms with van der Waals surface area (Å²) in [5.41, 5.74) is -0.654. The molecule has 2 aromatic rings. The molecule has 4 N–H and O–H groups in total. The number of aromatic hydroxyl groups is 1. The molecule has 7 rings (SSSR count). The van der Waals surface area contributed by atoms with E-state index in [9.17, 15) is 19.7 Å². The molecule has 2 aromatic carbocycles. The Labute approximate surface area is 306 Å². The highest BCUT2D eigenvalue weighted by Gasteiger charge is 2.51. The van der Waals surface area contributed by atoms with E-state index in [1.54, 1.807) is 6.92 Å². The number of β-amino-alcohol motifs (C(OH)–C–C–N with tert-alkyl or cyclic N) is 1. The van der Waals surface area contributed by atoms with Gasteiger partial charge in [0.05, 0.1) is 22.8 Å². The zero-order valence-electron chi connectivity index (χ0n) is 30.9. The van der Waals surface area contributed by atoms with E-state index in [1.807, 2.05) is 18.7 Å². The van der Waals surface area contributed by atoms with Crippen LogP contribution in [0.1, 0.15) is 89.7 Å². The second-order valence-electron chi connectivity index (χ2n) is 14.6. The first-order valence-electron chi connectivity index (χ1n) is 18.5. The zero-order valence-corrected chi connectivity index (χ0v) is 30.9. The molecule has 3 unspecified atom stereocenters. The summed E-state index contributed by atoms with van der Waals surface area (Å²) in [5.74, 6) is 1.30. The van der Waals surface area contributed by atoms with Crippen LogP contribution in [0.4, 0.5) is 8.78 Å². The number of hydrogen-bond donors (Lipinski definition) is 4. The molecule has 0 bridgehead atoms. The Hall–Kier alpha value is -3.95. The maximum absolute atomic E-state index is 17.3. The summed E-state index contributed by atoms with van der Waals surface area (Å²) in [6.07, 6.45) is 15.0. The highest BCUT2D eigenvalue weighted by molar-refractivity contribution is 6.29. The number of aliphatic hydroxyl groups is 3. The van der Waals surface area contributed by atoms with Gasteiger partial charge in [0.2, 0.25) is 0 Å². The highest BCUT2D eigenvalue weighted by atomic mass is 19.1. The van der Waals surface area contributed by atoms with Gasteiger partial charge in [-0.15, -0.1) is 6.42 Å². The van der Waals surface area contributed by atoms with Crippen molar-refractivity contribution in [3.05, 3.63) is 58.4 Å². The topological polar surface area (TPSA) is 124 Å². The summed E-state index contributed by atoms with van der Waals surface area (Å²) in [4.78, 5) is 18.5. The number of halogens is 2. The van der Waals surface area contributed by atoms with Crippen molar-refractivity contribution in [3.63, 3.8) is 0 Å². The van der Waals surface area contributed by atoms with Crippen LogP contribution in [0.5, 0.6) is 5.75 Å². The molecular formula is C41H53F2N5O4. The maximum Gasteiger partial charge on any atom is 0.175 e. The predicted molar refractivity (Wildman–Crippen MR) is 205 cm³/mol. The Bertz CT molecular complexity index is 1820. The van der Waals surface area contributed by atoms with E-state index in [-0.39, 0.29) is 45.2 Å². The molecule has 5 aliphatic rings. The van der Waals surface area contributed by atoms with Gasteiger partial charge in [0.15, 0.2) is 5.83 Å². The Balaban J connectivity index is 0.00000126. The van der Waals surface area contributed by atoms with Gasteiger partial charge < -0.3 is 25.3 Å². The lowest BCUT2D eigenvalue weighted by atomic mass is 9.72. The van der Waals surface area contributed by atoms with E-state index < -0.39 is 17.2 Å². The van der Waals surface area contributed by atoms with Crippen molar-refractivity contribution < 1.29 is 29.2 Å². The van der Waals surface area contributed by atoms with Crippen molar-refractivity contribution in [1.82, 2.24) is 9.80 Å². The van der Waals surface area contributed by atoms with Crippen LogP contribution in [0.25, 0.3) is 16.5 Å². The van der Waals surface area contributed by atoms with Gasteiger partial charge in [-0.2, -0.15) is 0 Å². The van der Waals surface area contributed by atoms with Crippen LogP contribution in [-0.2, 0) is 0 Å². The molecule has 4 fully saturated rings. The lowest BCUT2D eigenvalue weighted by molar-refractivity contribution is -0.0601. The van der Waals surface area contributed by atoms with Gasteiger partial charge in [0.25, 0.3) is 0 Å². The van der Waals surface area contributed by atoms with E-state index in [1.165, 1.54) is 30.5 Å². The van der Waals surface area contributed by atoms with E-state index >= 15 is 4.39 Å². The van der Waals surface area contributed by atoms with E-state index in [0.29, 0.717) is 54.9 Å². The second-order valence-corrected chi connectivity index (χ2v) is 14.6. The molecule has 2 saturated carbocycles. The van der Waals surface area contributed by atoms with E-state index in [4.69, 9.17) is 16.5 Å². The number of fused-ring (bicyclic) bond motifs is 2. The molecule has 3 atom stereocenters. The molecule has 280 valence electrons. The quantitative estimate of drug-likeness (QED) is 0.203. The number of phenols is 1. The van der Waals surface area contributed by atoms with Gasteiger partial charge in [0, 0.05) is 61.4 Å². The number of terminal acetylenes is 1. The number of aliphatic imine (C=N–C) groups is 3. The summed E-state index contributed by atoms with van der Waals surface area (Å²) in [6, 6.07) is 6.21. The van der Waals surface area contributed by atoms with Crippen molar-refractivity contribution in [2.24, 2.45) is 20.4 Å². The number of nitrogens with zero attached hydrogens (tertiary/aromatic N) is 5. The van der Waals surface area contributed by atoms with Crippen LogP contribution in [-0.4, -0.2) is 106 Å². The number of rotatable bonds is 6. The molecule has 52 heavy (non-hydrogen) atoms. The van der Waals surface area contributed by atoms with Gasteiger partial charge in [0.1, 0.15) is 28.8 Å². The van der Waals surface area contributed by atoms with Crippen molar-refractivity contribution in [2.45, 2.75) is 102 Å². The van der Waals surface area contributed by atoms with Gasteiger partial charge in [-0.1, -0.05) is 32.3 Å². The number of phenolic OH excluding ortho intramolecular Hbond substituents is 1. The first-order chi connectivity index (χ1) is 25.0. The Morgan fingerprint density at radius 2 is 1.81 bits per heavy atom. The minimum Gasteiger partial charge on any atom is -0.508 e. The van der Waals surface area contributed by atoms with Crippen molar-refractivity contribution >= 4 is 35.1 Å². The summed E-state index contributed by atoms with van der Waals surface area (Å²) in [5, 5.41) is 39.4. The number of likely N-dealkylation sites (tertiary alicyclic amines) is 2. The summed E-state index contributed by atoms with van der Waals surface area (Å²) in [7, 11) is 1.00. The lowest BCUT2D eigenvalue weighted by Crippen LogP contribution is -2.58. The van der Waals surface area contributed by atoms with Gasteiger partial charge >= 0.3 is 0 Å². The summed E-state index contributed by atoms with van der Waals surface area (Å²) >= 11 is 0. The van der Waals surface area contributed by atoms with Crippen molar-refractivity contribution in [2.75, 3.05) is 33.3 Å². The molecular weight excluding hydrogens is 664 g/mol. The fourth-order valence-electron chi connectivity index (χ4n) is 8.96. The molecule has 3 heterocycles. The van der Waals surface area contributed by atoms with Gasteiger partial charge in [-0.25, -0.2) is 13.8 Å². The molecule has 3 aliphatic heterocycles. The third kappa shape index (κ3) is 7.44. The van der Waals surface area contributed by atoms with Crippen molar-refractivity contribution in [1.29, 1.82) is 0 Å². The van der Waals surface area contributed by atoms with Crippen LogP contribution >= 0.6 is 0 Å². The number of allylic oxidation sites excluding steroid dienone is 2. The third-order valence-electron chi connectivity index (χ3n) is 11.3. The second kappa shape index (κ2) is 16.4. The van der Waals surface area contributed by atoms with E-state index in [2.05, 4.69) is 27.5 Å². The number of benzene rings is 2. The van der Waals surface area contributed by atoms with Gasteiger partial charge in [-0.3, -0.25) is 14.9 Å². The molecule has 0 spiro atoms. The number of piperidine rings is 2. The smallest absolute Gasteiger partial charge is 0.175 e. The summed E-state index contributed by atoms with van der Waals surface area (Å²) < 4.78 is 32.2.